The summed E-state index contributed by atoms with van der Waals surface area (Å²) in [5.74, 6) is -1.22. The molecule has 0 aliphatic carbocycles. The van der Waals surface area contributed by atoms with E-state index in [9.17, 15) is 9.18 Å². The molecule has 0 amide bonds. The van der Waals surface area contributed by atoms with Crippen LogP contribution in [0.25, 0.3) is 0 Å². The third-order valence-corrected chi connectivity index (χ3v) is 1.76. The molecule has 0 aromatic heterocycles. The number of carbonyl (C=O) groups excluding carboxylic acids is 1. The Kier molecular flexibility index (Phi) is 4.05. The Balaban J connectivity index is 2.62. The zero-order valence-electron chi connectivity index (χ0n) is 8.33. The van der Waals surface area contributed by atoms with Gasteiger partial charge in [0.15, 0.2) is 0 Å². The molecule has 1 rings (SSSR count). The number of anilines is 1. The summed E-state index contributed by atoms with van der Waals surface area (Å²) in [4.78, 5) is 11.3. The van der Waals surface area contributed by atoms with Crippen LogP contribution in [-0.2, 0) is 9.47 Å². The van der Waals surface area contributed by atoms with Gasteiger partial charge in [0.2, 0.25) is 0 Å². The number of rotatable bonds is 4. The molecule has 4 nitrogen and oxygen atoms in total. The molecule has 0 bridgehead atoms. The topological polar surface area (TPSA) is 61.5 Å². The molecule has 1 aromatic rings. The second-order valence-electron chi connectivity index (χ2n) is 2.87. The van der Waals surface area contributed by atoms with Crippen LogP contribution in [0, 0.1) is 5.82 Å². The number of nitrogen functional groups attached to an aromatic ring is 1. The quantitative estimate of drug-likeness (QED) is 0.464. The summed E-state index contributed by atoms with van der Waals surface area (Å²) in [7, 11) is 1.50. The summed E-state index contributed by atoms with van der Waals surface area (Å²) in [6.07, 6.45) is 0. The van der Waals surface area contributed by atoms with Crippen LogP contribution in [0.5, 0.6) is 0 Å². The first kappa shape index (κ1) is 11.5. The highest BCUT2D eigenvalue weighted by atomic mass is 19.1. The molecule has 0 saturated carbocycles. The van der Waals surface area contributed by atoms with Gasteiger partial charge in [-0.05, 0) is 18.2 Å². The van der Waals surface area contributed by atoms with E-state index in [1.807, 2.05) is 0 Å². The van der Waals surface area contributed by atoms with Crippen molar-refractivity contribution < 1.29 is 18.7 Å². The Bertz CT molecular complexity index is 355. The first-order valence-corrected chi connectivity index (χ1v) is 4.36. The van der Waals surface area contributed by atoms with Gasteiger partial charge < -0.3 is 15.2 Å². The Morgan fingerprint density at radius 1 is 1.47 bits per heavy atom. The van der Waals surface area contributed by atoms with Crippen LogP contribution in [0.1, 0.15) is 10.4 Å². The van der Waals surface area contributed by atoms with E-state index in [0.29, 0.717) is 6.61 Å². The van der Waals surface area contributed by atoms with Crippen molar-refractivity contribution in [3.05, 3.63) is 29.6 Å². The van der Waals surface area contributed by atoms with E-state index in [1.165, 1.54) is 19.2 Å². The third-order valence-electron chi connectivity index (χ3n) is 1.76. The summed E-state index contributed by atoms with van der Waals surface area (Å²) in [6, 6.07) is 3.78. The number of nitrogens with two attached hydrogens (primary N) is 1. The molecule has 0 fully saturated rings. The number of halogens is 1. The lowest BCUT2D eigenvalue weighted by molar-refractivity contribution is 0.0387. The zero-order valence-corrected chi connectivity index (χ0v) is 8.33. The fourth-order valence-corrected chi connectivity index (χ4v) is 0.955. The highest BCUT2D eigenvalue weighted by molar-refractivity contribution is 5.89. The fourth-order valence-electron chi connectivity index (χ4n) is 0.955. The SMILES string of the molecule is COCCOC(=O)c1ccc(N)c(F)c1. The van der Waals surface area contributed by atoms with E-state index in [4.69, 9.17) is 15.2 Å². The average molecular weight is 213 g/mol. The Hall–Kier alpha value is -1.62. The maximum Gasteiger partial charge on any atom is 0.338 e. The smallest absolute Gasteiger partial charge is 0.338 e. The lowest BCUT2D eigenvalue weighted by Gasteiger charge is -2.04. The maximum atomic E-state index is 13.0. The molecule has 0 saturated heterocycles. The second kappa shape index (κ2) is 5.31. The van der Waals surface area contributed by atoms with Crippen LogP contribution in [0.15, 0.2) is 18.2 Å². The van der Waals surface area contributed by atoms with Crippen LogP contribution in [0.4, 0.5) is 10.1 Å². The van der Waals surface area contributed by atoms with Crippen LogP contribution in [-0.4, -0.2) is 26.3 Å². The first-order valence-electron chi connectivity index (χ1n) is 4.36. The molecule has 0 aliphatic heterocycles. The number of carbonyl (C=O) groups is 1. The zero-order chi connectivity index (χ0) is 11.3. The van der Waals surface area contributed by atoms with Crippen LogP contribution < -0.4 is 5.73 Å². The predicted molar refractivity (Wildman–Crippen MR) is 53.0 cm³/mol. The number of benzene rings is 1. The lowest BCUT2D eigenvalue weighted by atomic mass is 10.2. The molecule has 0 atom stereocenters. The summed E-state index contributed by atoms with van der Waals surface area (Å²) in [6.45, 7) is 0.449. The van der Waals surface area contributed by atoms with Crippen molar-refractivity contribution in [1.82, 2.24) is 0 Å². The van der Waals surface area contributed by atoms with Gasteiger partial charge in [-0.15, -0.1) is 0 Å². The molecule has 15 heavy (non-hydrogen) atoms. The van der Waals surface area contributed by atoms with Crippen molar-refractivity contribution in [1.29, 1.82) is 0 Å². The first-order chi connectivity index (χ1) is 7.15. The van der Waals surface area contributed by atoms with Gasteiger partial charge in [0, 0.05) is 7.11 Å². The van der Waals surface area contributed by atoms with Gasteiger partial charge in [-0.3, -0.25) is 0 Å². The summed E-state index contributed by atoms with van der Waals surface area (Å²) in [5.41, 5.74) is 5.40. The van der Waals surface area contributed by atoms with E-state index in [2.05, 4.69) is 0 Å². The highest BCUT2D eigenvalue weighted by Gasteiger charge is 2.09. The molecular formula is C10H12FNO3. The summed E-state index contributed by atoms with van der Waals surface area (Å²) >= 11 is 0. The fraction of sp³-hybridized carbons (Fsp3) is 0.300. The molecular weight excluding hydrogens is 201 g/mol. The van der Waals surface area contributed by atoms with Crippen molar-refractivity contribution in [2.24, 2.45) is 0 Å². The Morgan fingerprint density at radius 2 is 2.20 bits per heavy atom. The molecule has 0 radical (unpaired) electrons. The molecule has 5 heteroatoms. The van der Waals surface area contributed by atoms with Crippen LogP contribution >= 0.6 is 0 Å². The molecule has 0 aliphatic rings. The van der Waals surface area contributed by atoms with Crippen molar-refractivity contribution in [2.45, 2.75) is 0 Å². The normalized spacial score (nSPS) is 10.0. The third kappa shape index (κ3) is 3.21. The summed E-state index contributed by atoms with van der Waals surface area (Å²) < 4.78 is 22.5. The van der Waals surface area contributed by atoms with Gasteiger partial charge in [-0.1, -0.05) is 0 Å². The van der Waals surface area contributed by atoms with Crippen molar-refractivity contribution in [2.75, 3.05) is 26.1 Å². The number of esters is 1. The molecule has 2 N–H and O–H groups in total. The molecule has 1 aromatic carbocycles. The van der Waals surface area contributed by atoms with Gasteiger partial charge in [0.1, 0.15) is 12.4 Å². The van der Waals surface area contributed by atoms with Gasteiger partial charge in [-0.25, -0.2) is 9.18 Å². The molecule has 0 unspecified atom stereocenters. The van der Waals surface area contributed by atoms with E-state index in [-0.39, 0.29) is 17.9 Å². The van der Waals surface area contributed by atoms with E-state index >= 15 is 0 Å². The van der Waals surface area contributed by atoms with E-state index in [0.717, 1.165) is 6.07 Å². The van der Waals surface area contributed by atoms with E-state index in [1.54, 1.807) is 0 Å². The largest absolute Gasteiger partial charge is 0.460 e. The predicted octanol–water partition coefficient (Wildman–Crippen LogP) is 1.21. The molecule has 0 spiro atoms. The number of ether oxygens (including phenoxy) is 2. The summed E-state index contributed by atoms with van der Waals surface area (Å²) in [5, 5.41) is 0. The molecule has 82 valence electrons. The Labute approximate surface area is 86.8 Å². The van der Waals surface area contributed by atoms with Crippen LogP contribution in [0.3, 0.4) is 0 Å². The van der Waals surface area contributed by atoms with Gasteiger partial charge in [0.05, 0.1) is 17.9 Å². The maximum absolute atomic E-state index is 13.0. The number of hydrogen-bond donors (Lipinski definition) is 1. The van der Waals surface area contributed by atoms with E-state index < -0.39 is 11.8 Å². The second-order valence-corrected chi connectivity index (χ2v) is 2.87. The molecule has 0 heterocycles. The van der Waals surface area contributed by atoms with Crippen LogP contribution in [0.2, 0.25) is 0 Å². The minimum Gasteiger partial charge on any atom is -0.460 e. The van der Waals surface area contributed by atoms with Crippen molar-refractivity contribution in [3.63, 3.8) is 0 Å². The van der Waals surface area contributed by atoms with Crippen molar-refractivity contribution >= 4 is 11.7 Å². The minimum atomic E-state index is -0.629. The Morgan fingerprint density at radius 3 is 2.80 bits per heavy atom. The average Bonchev–Trinajstić information content (AvgIpc) is 2.22. The standard InChI is InChI=1S/C10H12FNO3/c1-14-4-5-15-10(13)7-2-3-9(12)8(11)6-7/h2-3,6H,4-5,12H2,1H3. The monoisotopic (exact) mass is 213 g/mol. The van der Waals surface area contributed by atoms with Gasteiger partial charge in [-0.2, -0.15) is 0 Å². The van der Waals surface area contributed by atoms with Crippen molar-refractivity contribution in [3.8, 4) is 0 Å². The number of methoxy groups -OCH3 is 1. The number of hydrogen-bond acceptors (Lipinski definition) is 4. The highest BCUT2D eigenvalue weighted by Crippen LogP contribution is 2.12. The minimum absolute atomic E-state index is 0.00319. The van der Waals surface area contributed by atoms with Gasteiger partial charge >= 0.3 is 5.97 Å². The van der Waals surface area contributed by atoms with Gasteiger partial charge in [0.25, 0.3) is 0 Å². The lowest BCUT2D eigenvalue weighted by Crippen LogP contribution is -2.10.